The summed E-state index contributed by atoms with van der Waals surface area (Å²) in [5.41, 5.74) is 1.91. The smallest absolute Gasteiger partial charge is 0.340 e. The van der Waals surface area contributed by atoms with Crippen molar-refractivity contribution in [1.82, 2.24) is 25.0 Å². The molecule has 2 aromatic heterocycles. The van der Waals surface area contributed by atoms with E-state index in [-0.39, 0.29) is 18.3 Å². The number of carbonyl (C=O) groups is 2. The van der Waals surface area contributed by atoms with Crippen molar-refractivity contribution in [3.63, 3.8) is 0 Å². The third-order valence-corrected chi connectivity index (χ3v) is 4.58. The number of esters is 1. The number of thioether (sulfide) groups is 1. The molecule has 0 fully saturated rings. The number of amides is 1. The van der Waals surface area contributed by atoms with E-state index in [4.69, 9.17) is 4.74 Å². The zero-order chi connectivity index (χ0) is 19.2. The highest BCUT2D eigenvalue weighted by Crippen LogP contribution is 2.23. The van der Waals surface area contributed by atoms with E-state index in [1.807, 2.05) is 6.92 Å². The van der Waals surface area contributed by atoms with Gasteiger partial charge in [-0.15, -0.1) is 5.10 Å². The number of carbonyl (C=O) groups excluding carboxylic acids is 2. The first-order chi connectivity index (χ1) is 13.1. The van der Waals surface area contributed by atoms with Crippen LogP contribution < -0.4 is 5.32 Å². The first kappa shape index (κ1) is 18.8. The minimum atomic E-state index is -0.477. The number of anilines is 1. The molecule has 0 unspecified atom stereocenters. The lowest BCUT2D eigenvalue weighted by molar-refractivity contribution is -0.113. The first-order valence-electron chi connectivity index (χ1n) is 8.37. The van der Waals surface area contributed by atoms with E-state index in [0.29, 0.717) is 34.0 Å². The van der Waals surface area contributed by atoms with E-state index >= 15 is 0 Å². The molecule has 0 saturated heterocycles. The molecular weight excluding hydrogens is 368 g/mol. The maximum absolute atomic E-state index is 12.3. The summed E-state index contributed by atoms with van der Waals surface area (Å²) in [6.45, 7) is 4.58. The molecule has 0 atom stereocenters. The molecule has 3 aromatic rings. The monoisotopic (exact) mass is 386 g/mol. The average Bonchev–Trinajstić information content (AvgIpc) is 3.10. The van der Waals surface area contributed by atoms with Crippen LogP contribution >= 0.6 is 11.8 Å². The number of fused-ring (bicyclic) bond motifs is 1. The van der Waals surface area contributed by atoms with Crippen LogP contribution in [0, 0.1) is 0 Å². The van der Waals surface area contributed by atoms with Gasteiger partial charge in [0, 0.05) is 6.54 Å². The minimum Gasteiger partial charge on any atom is -0.462 e. The second-order valence-electron chi connectivity index (χ2n) is 5.36. The SMILES string of the molecule is CCOC(=O)c1ccccc1NC(=O)CSc1ncnc2c1nnn2CC. The van der Waals surface area contributed by atoms with Crippen LogP contribution in [-0.2, 0) is 16.1 Å². The topological polar surface area (TPSA) is 112 Å². The highest BCUT2D eigenvalue weighted by atomic mass is 32.2. The van der Waals surface area contributed by atoms with Crippen molar-refractivity contribution in [2.75, 3.05) is 17.7 Å². The lowest BCUT2D eigenvalue weighted by atomic mass is 10.2. The third kappa shape index (κ3) is 4.22. The van der Waals surface area contributed by atoms with Crippen LogP contribution in [0.3, 0.4) is 0 Å². The second-order valence-corrected chi connectivity index (χ2v) is 6.32. The average molecular weight is 386 g/mol. The number of benzene rings is 1. The molecule has 0 aliphatic carbocycles. The molecule has 3 rings (SSSR count). The number of rotatable bonds is 7. The summed E-state index contributed by atoms with van der Waals surface area (Å²) in [6, 6.07) is 6.72. The fourth-order valence-electron chi connectivity index (χ4n) is 2.39. The quantitative estimate of drug-likeness (QED) is 0.373. The number of ether oxygens (including phenoxy) is 1. The molecule has 0 radical (unpaired) electrons. The fourth-order valence-corrected chi connectivity index (χ4v) is 3.12. The van der Waals surface area contributed by atoms with E-state index in [9.17, 15) is 9.59 Å². The summed E-state index contributed by atoms with van der Waals surface area (Å²) in [5.74, 6) is -0.649. The zero-order valence-corrected chi connectivity index (χ0v) is 15.7. The number of aromatic nitrogens is 5. The Bertz CT molecular complexity index is 974. The van der Waals surface area contributed by atoms with E-state index in [0.717, 1.165) is 0 Å². The van der Waals surface area contributed by atoms with Gasteiger partial charge in [0.15, 0.2) is 11.2 Å². The van der Waals surface area contributed by atoms with Gasteiger partial charge in [-0.05, 0) is 26.0 Å². The fraction of sp³-hybridized carbons (Fsp3) is 0.294. The normalized spacial score (nSPS) is 10.7. The van der Waals surface area contributed by atoms with Crippen molar-refractivity contribution in [3.05, 3.63) is 36.2 Å². The lowest BCUT2D eigenvalue weighted by Crippen LogP contribution is -2.17. The molecule has 0 bridgehead atoms. The van der Waals surface area contributed by atoms with Crippen LogP contribution in [0.2, 0.25) is 0 Å². The molecule has 140 valence electrons. The molecule has 1 aromatic carbocycles. The Morgan fingerprint density at radius 1 is 1.22 bits per heavy atom. The van der Waals surface area contributed by atoms with Gasteiger partial charge in [-0.1, -0.05) is 29.1 Å². The molecule has 0 aliphatic heterocycles. The summed E-state index contributed by atoms with van der Waals surface area (Å²) < 4.78 is 6.67. The van der Waals surface area contributed by atoms with Gasteiger partial charge in [0.25, 0.3) is 0 Å². The predicted octanol–water partition coefficient (Wildman–Crippen LogP) is 2.15. The van der Waals surface area contributed by atoms with E-state index in [2.05, 4.69) is 25.6 Å². The van der Waals surface area contributed by atoms with Gasteiger partial charge in [0.05, 0.1) is 23.6 Å². The molecule has 1 amide bonds. The van der Waals surface area contributed by atoms with Gasteiger partial charge in [0.2, 0.25) is 5.91 Å². The summed E-state index contributed by atoms with van der Waals surface area (Å²) in [4.78, 5) is 32.7. The molecule has 9 nitrogen and oxygen atoms in total. The van der Waals surface area contributed by atoms with Crippen LogP contribution in [-0.4, -0.2) is 49.2 Å². The number of hydrogen-bond donors (Lipinski definition) is 1. The van der Waals surface area contributed by atoms with Gasteiger partial charge < -0.3 is 10.1 Å². The lowest BCUT2D eigenvalue weighted by Gasteiger charge is -2.10. The molecule has 0 aliphatic rings. The van der Waals surface area contributed by atoms with Crippen molar-refractivity contribution in [1.29, 1.82) is 0 Å². The summed E-state index contributed by atoms with van der Waals surface area (Å²) >= 11 is 1.23. The zero-order valence-electron chi connectivity index (χ0n) is 14.9. The standard InChI is InChI=1S/C17H18N6O3S/c1-3-23-15-14(21-22-23)16(19-10-18-15)27-9-13(24)20-12-8-6-5-7-11(12)17(25)26-4-2/h5-8,10H,3-4,9H2,1-2H3,(H,20,24). The van der Waals surface area contributed by atoms with Crippen LogP contribution in [0.15, 0.2) is 35.6 Å². The Hall–Kier alpha value is -3.01. The Labute approximate surface area is 159 Å². The number of nitrogens with zero attached hydrogens (tertiary/aromatic N) is 5. The van der Waals surface area contributed by atoms with E-state index in [1.54, 1.807) is 35.9 Å². The number of nitrogens with one attached hydrogen (secondary N) is 1. The predicted molar refractivity (Wildman–Crippen MR) is 101 cm³/mol. The Kier molecular flexibility index (Phi) is 5.97. The van der Waals surface area contributed by atoms with Crippen molar-refractivity contribution in [2.24, 2.45) is 0 Å². The Balaban J connectivity index is 1.69. The molecule has 0 saturated carbocycles. The van der Waals surface area contributed by atoms with Crippen molar-refractivity contribution in [2.45, 2.75) is 25.4 Å². The molecule has 2 heterocycles. The molecular formula is C17H18N6O3S. The highest BCUT2D eigenvalue weighted by Gasteiger charge is 2.16. The molecule has 0 spiro atoms. The Morgan fingerprint density at radius 2 is 2.04 bits per heavy atom. The van der Waals surface area contributed by atoms with Crippen LogP contribution in [0.25, 0.3) is 11.2 Å². The van der Waals surface area contributed by atoms with Crippen LogP contribution in [0.1, 0.15) is 24.2 Å². The molecule has 27 heavy (non-hydrogen) atoms. The maximum atomic E-state index is 12.3. The number of para-hydroxylation sites is 1. The Morgan fingerprint density at radius 3 is 2.81 bits per heavy atom. The maximum Gasteiger partial charge on any atom is 0.340 e. The van der Waals surface area contributed by atoms with Gasteiger partial charge in [0.1, 0.15) is 11.4 Å². The van der Waals surface area contributed by atoms with Crippen LogP contribution in [0.5, 0.6) is 0 Å². The molecule has 10 heteroatoms. The number of hydrogen-bond acceptors (Lipinski definition) is 8. The van der Waals surface area contributed by atoms with E-state index in [1.165, 1.54) is 18.1 Å². The number of aryl methyl sites for hydroxylation is 1. The third-order valence-electron chi connectivity index (χ3n) is 3.60. The van der Waals surface area contributed by atoms with Gasteiger partial charge in [-0.25, -0.2) is 19.4 Å². The highest BCUT2D eigenvalue weighted by molar-refractivity contribution is 8.00. The van der Waals surface area contributed by atoms with Gasteiger partial charge in [-0.2, -0.15) is 0 Å². The first-order valence-corrected chi connectivity index (χ1v) is 9.35. The van der Waals surface area contributed by atoms with Gasteiger partial charge >= 0.3 is 5.97 Å². The van der Waals surface area contributed by atoms with Crippen LogP contribution in [0.4, 0.5) is 5.69 Å². The molecule has 1 N–H and O–H groups in total. The summed E-state index contributed by atoms with van der Waals surface area (Å²) in [6.07, 6.45) is 1.42. The van der Waals surface area contributed by atoms with Crippen molar-refractivity contribution < 1.29 is 14.3 Å². The van der Waals surface area contributed by atoms with Crippen molar-refractivity contribution >= 4 is 40.5 Å². The van der Waals surface area contributed by atoms with Gasteiger partial charge in [-0.3, -0.25) is 4.79 Å². The summed E-state index contributed by atoms with van der Waals surface area (Å²) in [5, 5.41) is 11.4. The second kappa shape index (κ2) is 8.58. The largest absolute Gasteiger partial charge is 0.462 e. The minimum absolute atomic E-state index is 0.0995. The van der Waals surface area contributed by atoms with Crippen molar-refractivity contribution in [3.8, 4) is 0 Å². The summed E-state index contributed by atoms with van der Waals surface area (Å²) in [7, 11) is 0. The van der Waals surface area contributed by atoms with E-state index < -0.39 is 5.97 Å².